The van der Waals surface area contributed by atoms with E-state index in [1.807, 2.05) is 20.0 Å². The molecule has 0 aliphatic heterocycles. The Labute approximate surface area is 83.6 Å². The molecule has 0 saturated carbocycles. The first-order chi connectivity index (χ1) is 6.50. The molecule has 1 rings (SSSR count). The molecule has 0 saturated heterocycles. The summed E-state index contributed by atoms with van der Waals surface area (Å²) in [5.74, 6) is 0. The van der Waals surface area contributed by atoms with E-state index < -0.39 is 7.60 Å². The van der Waals surface area contributed by atoms with Gasteiger partial charge in [0.25, 0.3) is 0 Å². The molecule has 0 radical (unpaired) electrons. The molecule has 14 heavy (non-hydrogen) atoms. The van der Waals surface area contributed by atoms with E-state index in [1.165, 1.54) is 14.2 Å². The molecule has 0 atom stereocenters. The summed E-state index contributed by atoms with van der Waals surface area (Å²) in [6.45, 7) is 1.93. The van der Waals surface area contributed by atoms with Gasteiger partial charge in [-0.3, -0.25) is 9.25 Å². The summed E-state index contributed by atoms with van der Waals surface area (Å²) < 4.78 is 23.1. The maximum atomic E-state index is 11.7. The molecule has 0 aliphatic rings. The molecule has 0 aromatic carbocycles. The molecule has 1 aromatic heterocycles. The molecule has 0 fully saturated rings. The number of rotatable bonds is 4. The summed E-state index contributed by atoms with van der Waals surface area (Å²) in [6, 6.07) is 1.87. The first kappa shape index (κ1) is 11.4. The van der Waals surface area contributed by atoms with Gasteiger partial charge in [-0.2, -0.15) is 5.10 Å². The van der Waals surface area contributed by atoms with Crippen molar-refractivity contribution in [2.24, 2.45) is 7.05 Å². The van der Waals surface area contributed by atoms with E-state index in [0.717, 1.165) is 11.4 Å². The topological polar surface area (TPSA) is 53.4 Å². The number of aromatic nitrogens is 2. The fourth-order valence-electron chi connectivity index (χ4n) is 1.11. The van der Waals surface area contributed by atoms with Crippen LogP contribution in [0.5, 0.6) is 0 Å². The molecule has 80 valence electrons. The van der Waals surface area contributed by atoms with Crippen molar-refractivity contribution in [3.05, 3.63) is 17.5 Å². The first-order valence-electron chi connectivity index (χ1n) is 4.21. The van der Waals surface area contributed by atoms with Crippen LogP contribution in [0.3, 0.4) is 0 Å². The minimum absolute atomic E-state index is 0.210. The van der Waals surface area contributed by atoms with Gasteiger partial charge in [-0.1, -0.05) is 0 Å². The van der Waals surface area contributed by atoms with Gasteiger partial charge in [0.05, 0.1) is 11.9 Å². The monoisotopic (exact) mass is 218 g/mol. The first-order valence-corrected chi connectivity index (χ1v) is 5.93. The van der Waals surface area contributed by atoms with Crippen LogP contribution in [-0.2, 0) is 26.8 Å². The van der Waals surface area contributed by atoms with Gasteiger partial charge in [0.1, 0.15) is 0 Å². The van der Waals surface area contributed by atoms with Gasteiger partial charge in [-0.25, -0.2) is 0 Å². The van der Waals surface area contributed by atoms with E-state index in [1.54, 1.807) is 4.68 Å². The Morgan fingerprint density at radius 1 is 1.50 bits per heavy atom. The van der Waals surface area contributed by atoms with Crippen LogP contribution in [-0.4, -0.2) is 24.0 Å². The van der Waals surface area contributed by atoms with E-state index in [9.17, 15) is 4.57 Å². The standard InChI is InChI=1S/C8H15N2O3P/c1-7-5-8(9-10(7)2)6-14(11,12-3)13-4/h5H,6H2,1-4H3. The molecule has 5 nitrogen and oxygen atoms in total. The fraction of sp³-hybridized carbons (Fsp3) is 0.625. The lowest BCUT2D eigenvalue weighted by Crippen LogP contribution is -1.96. The molecule has 1 heterocycles. The zero-order valence-electron chi connectivity index (χ0n) is 8.85. The van der Waals surface area contributed by atoms with Crippen molar-refractivity contribution in [1.29, 1.82) is 0 Å². The predicted molar refractivity (Wildman–Crippen MR) is 53.3 cm³/mol. The van der Waals surface area contributed by atoms with Crippen LogP contribution in [0.25, 0.3) is 0 Å². The van der Waals surface area contributed by atoms with Crippen molar-refractivity contribution >= 4 is 7.60 Å². The van der Waals surface area contributed by atoms with Crippen molar-refractivity contribution in [3.8, 4) is 0 Å². The average molecular weight is 218 g/mol. The highest BCUT2D eigenvalue weighted by atomic mass is 31.2. The van der Waals surface area contributed by atoms with Gasteiger partial charge < -0.3 is 9.05 Å². The largest absolute Gasteiger partial charge is 0.336 e. The SMILES string of the molecule is COP(=O)(Cc1cc(C)n(C)n1)OC. The molecule has 0 aliphatic carbocycles. The Hall–Kier alpha value is -0.640. The highest BCUT2D eigenvalue weighted by Crippen LogP contribution is 2.49. The number of nitrogens with zero attached hydrogens (tertiary/aromatic N) is 2. The molecule has 0 spiro atoms. The van der Waals surface area contributed by atoms with Crippen LogP contribution >= 0.6 is 7.60 Å². The van der Waals surface area contributed by atoms with E-state index in [2.05, 4.69) is 5.10 Å². The average Bonchev–Trinajstić information content (AvgIpc) is 2.45. The third-order valence-corrected chi connectivity index (χ3v) is 3.90. The minimum Gasteiger partial charge on any atom is -0.312 e. The number of hydrogen-bond donors (Lipinski definition) is 0. The summed E-state index contributed by atoms with van der Waals surface area (Å²) in [6.07, 6.45) is 0.210. The van der Waals surface area contributed by atoms with E-state index in [4.69, 9.17) is 9.05 Å². The molecule has 0 N–H and O–H groups in total. The zero-order chi connectivity index (χ0) is 10.8. The Bertz CT molecular complexity index is 334. The smallest absolute Gasteiger partial charge is 0.312 e. The molecule has 6 heteroatoms. The third kappa shape index (κ3) is 2.44. The van der Waals surface area contributed by atoms with Gasteiger partial charge in [0.15, 0.2) is 0 Å². The molecular weight excluding hydrogens is 203 g/mol. The lowest BCUT2D eigenvalue weighted by Gasteiger charge is -2.11. The van der Waals surface area contributed by atoms with Crippen molar-refractivity contribution < 1.29 is 13.6 Å². The Balaban J connectivity index is 2.83. The summed E-state index contributed by atoms with van der Waals surface area (Å²) in [5.41, 5.74) is 1.73. The zero-order valence-corrected chi connectivity index (χ0v) is 9.75. The lowest BCUT2D eigenvalue weighted by molar-refractivity contribution is 0.274. The summed E-state index contributed by atoms with van der Waals surface area (Å²) >= 11 is 0. The van der Waals surface area contributed by atoms with Gasteiger partial charge >= 0.3 is 7.60 Å². The van der Waals surface area contributed by atoms with Crippen molar-refractivity contribution in [3.63, 3.8) is 0 Å². The highest BCUT2D eigenvalue weighted by Gasteiger charge is 2.23. The third-order valence-electron chi connectivity index (χ3n) is 2.08. The molecule has 0 bridgehead atoms. The second-order valence-electron chi connectivity index (χ2n) is 3.03. The van der Waals surface area contributed by atoms with Crippen LogP contribution in [0.1, 0.15) is 11.4 Å². The van der Waals surface area contributed by atoms with Gasteiger partial charge in [0.2, 0.25) is 0 Å². The Morgan fingerprint density at radius 2 is 2.07 bits per heavy atom. The molecule has 1 aromatic rings. The van der Waals surface area contributed by atoms with Gasteiger partial charge in [-0.05, 0) is 13.0 Å². The van der Waals surface area contributed by atoms with Crippen molar-refractivity contribution in [2.75, 3.05) is 14.2 Å². The highest BCUT2D eigenvalue weighted by molar-refractivity contribution is 7.52. The fourth-order valence-corrected chi connectivity index (χ4v) is 2.07. The van der Waals surface area contributed by atoms with E-state index in [-0.39, 0.29) is 6.16 Å². The normalized spacial score (nSPS) is 12.0. The van der Waals surface area contributed by atoms with Crippen molar-refractivity contribution in [2.45, 2.75) is 13.1 Å². The van der Waals surface area contributed by atoms with Gasteiger partial charge in [-0.15, -0.1) is 0 Å². The Morgan fingerprint density at radius 3 is 2.43 bits per heavy atom. The molecule has 0 amide bonds. The summed E-state index contributed by atoms with van der Waals surface area (Å²) in [5, 5.41) is 4.18. The molecular formula is C8H15N2O3P. The quantitative estimate of drug-likeness (QED) is 0.722. The van der Waals surface area contributed by atoms with Crippen LogP contribution in [0.4, 0.5) is 0 Å². The predicted octanol–water partition coefficient (Wildman–Crippen LogP) is 1.71. The maximum Gasteiger partial charge on any atom is 0.336 e. The Kier molecular flexibility index (Phi) is 3.48. The summed E-state index contributed by atoms with van der Waals surface area (Å²) in [4.78, 5) is 0. The number of aryl methyl sites for hydroxylation is 2. The maximum absolute atomic E-state index is 11.7. The molecule has 0 unspecified atom stereocenters. The van der Waals surface area contributed by atoms with E-state index in [0.29, 0.717) is 0 Å². The van der Waals surface area contributed by atoms with Crippen LogP contribution in [0.15, 0.2) is 6.07 Å². The van der Waals surface area contributed by atoms with Crippen LogP contribution in [0, 0.1) is 6.92 Å². The van der Waals surface area contributed by atoms with Crippen LogP contribution in [0.2, 0.25) is 0 Å². The second-order valence-corrected chi connectivity index (χ2v) is 5.30. The van der Waals surface area contributed by atoms with Gasteiger partial charge in [0, 0.05) is 27.0 Å². The van der Waals surface area contributed by atoms with E-state index >= 15 is 0 Å². The lowest BCUT2D eigenvalue weighted by atomic mass is 10.4. The summed E-state index contributed by atoms with van der Waals surface area (Å²) in [7, 11) is 1.60. The van der Waals surface area contributed by atoms with Crippen LogP contribution < -0.4 is 0 Å². The number of hydrogen-bond acceptors (Lipinski definition) is 4. The minimum atomic E-state index is -2.99. The van der Waals surface area contributed by atoms with Crippen molar-refractivity contribution in [1.82, 2.24) is 9.78 Å². The second kappa shape index (κ2) is 4.26.